The van der Waals surface area contributed by atoms with Crippen LogP contribution in [0.3, 0.4) is 0 Å². The fourth-order valence-electron chi connectivity index (χ4n) is 1.14. The largest absolute Gasteiger partial charge is 0.481 e. The number of halogens is 1. The van der Waals surface area contributed by atoms with Crippen molar-refractivity contribution in [1.82, 2.24) is 4.90 Å². The third-order valence-electron chi connectivity index (χ3n) is 2.17. The van der Waals surface area contributed by atoms with E-state index in [0.717, 1.165) is 0 Å². The van der Waals surface area contributed by atoms with Crippen LogP contribution in [0.2, 0.25) is 0 Å². The fourth-order valence-corrected chi connectivity index (χ4v) is 1.14. The average Bonchev–Trinajstić information content (AvgIpc) is 1.77. The van der Waals surface area contributed by atoms with E-state index >= 15 is 0 Å². The normalized spacial score (nSPS) is 19.6. The van der Waals surface area contributed by atoms with Gasteiger partial charge in [0, 0.05) is 0 Å². The maximum absolute atomic E-state index is 10.4. The lowest BCUT2D eigenvalue weighted by Crippen LogP contribution is -2.60. The highest BCUT2D eigenvalue weighted by Crippen LogP contribution is 2.26. The molecule has 0 aromatic carbocycles. The van der Waals surface area contributed by atoms with E-state index in [2.05, 4.69) is 0 Å². The van der Waals surface area contributed by atoms with Crippen molar-refractivity contribution in [1.29, 1.82) is 0 Å². The predicted molar refractivity (Wildman–Crippen MR) is 46.7 cm³/mol. The van der Waals surface area contributed by atoms with Crippen LogP contribution in [0.15, 0.2) is 0 Å². The molecular formula is C7H14ClNO3. The van der Waals surface area contributed by atoms with Crippen LogP contribution >= 0.6 is 12.4 Å². The standard InChI is InChI=1S/C7H13NO3.ClH/c1-8(2)7(3-6(9)10)4-11-5-7;/h3-5H2,1-2H3,(H,9,10);1H. The summed E-state index contributed by atoms with van der Waals surface area (Å²) >= 11 is 0. The molecule has 0 aliphatic carbocycles. The van der Waals surface area contributed by atoms with Crippen molar-refractivity contribution in [2.45, 2.75) is 12.0 Å². The van der Waals surface area contributed by atoms with Gasteiger partial charge in [0.1, 0.15) is 0 Å². The van der Waals surface area contributed by atoms with Crippen molar-refractivity contribution < 1.29 is 14.6 Å². The first-order valence-electron chi connectivity index (χ1n) is 3.54. The molecule has 0 bridgehead atoms. The molecule has 1 rings (SSSR count). The van der Waals surface area contributed by atoms with Gasteiger partial charge in [-0.3, -0.25) is 9.69 Å². The quantitative estimate of drug-likeness (QED) is 0.700. The minimum Gasteiger partial charge on any atom is -0.481 e. The summed E-state index contributed by atoms with van der Waals surface area (Å²) in [5, 5.41) is 8.58. The van der Waals surface area contributed by atoms with Crippen LogP contribution in [-0.2, 0) is 9.53 Å². The topological polar surface area (TPSA) is 49.8 Å². The summed E-state index contributed by atoms with van der Waals surface area (Å²) in [6, 6.07) is 0. The summed E-state index contributed by atoms with van der Waals surface area (Å²) in [7, 11) is 3.76. The van der Waals surface area contributed by atoms with E-state index in [-0.39, 0.29) is 24.4 Å². The van der Waals surface area contributed by atoms with E-state index in [4.69, 9.17) is 9.84 Å². The molecule has 0 aromatic heterocycles. The second kappa shape index (κ2) is 4.07. The highest BCUT2D eigenvalue weighted by atomic mass is 35.5. The minimum atomic E-state index is -0.762. The van der Waals surface area contributed by atoms with Gasteiger partial charge in [0.2, 0.25) is 0 Å². The lowest BCUT2D eigenvalue weighted by Gasteiger charge is -2.45. The molecule has 0 amide bonds. The molecule has 0 unspecified atom stereocenters. The van der Waals surface area contributed by atoms with Crippen molar-refractivity contribution in [2.24, 2.45) is 0 Å². The van der Waals surface area contributed by atoms with Gasteiger partial charge in [-0.25, -0.2) is 0 Å². The van der Waals surface area contributed by atoms with Gasteiger partial charge in [-0.05, 0) is 14.1 Å². The molecule has 4 nitrogen and oxygen atoms in total. The Morgan fingerprint density at radius 2 is 2.08 bits per heavy atom. The molecule has 5 heteroatoms. The van der Waals surface area contributed by atoms with Gasteiger partial charge in [-0.1, -0.05) is 0 Å². The number of hydrogen-bond donors (Lipinski definition) is 1. The Kier molecular flexibility index (Phi) is 3.96. The van der Waals surface area contributed by atoms with E-state index < -0.39 is 5.97 Å². The molecule has 1 saturated heterocycles. The van der Waals surface area contributed by atoms with Gasteiger partial charge in [-0.15, -0.1) is 12.4 Å². The molecule has 1 heterocycles. The molecule has 0 saturated carbocycles. The molecule has 0 aromatic rings. The number of rotatable bonds is 3. The van der Waals surface area contributed by atoms with Gasteiger partial charge in [-0.2, -0.15) is 0 Å². The first-order valence-corrected chi connectivity index (χ1v) is 3.54. The number of aliphatic carboxylic acids is 1. The molecule has 12 heavy (non-hydrogen) atoms. The third-order valence-corrected chi connectivity index (χ3v) is 2.17. The third kappa shape index (κ3) is 2.09. The summed E-state index contributed by atoms with van der Waals surface area (Å²) in [4.78, 5) is 12.4. The van der Waals surface area contributed by atoms with Gasteiger partial charge in [0.15, 0.2) is 0 Å². The van der Waals surface area contributed by atoms with E-state index in [1.165, 1.54) is 0 Å². The number of nitrogens with zero attached hydrogens (tertiary/aromatic N) is 1. The molecular weight excluding hydrogens is 182 g/mol. The van der Waals surface area contributed by atoms with Crippen LogP contribution in [0.1, 0.15) is 6.42 Å². The van der Waals surface area contributed by atoms with Crippen LogP contribution in [0, 0.1) is 0 Å². The number of carboxylic acids is 1. The molecule has 0 atom stereocenters. The van der Waals surface area contributed by atoms with Crippen molar-refractivity contribution >= 4 is 18.4 Å². The molecule has 1 aliphatic rings. The molecule has 72 valence electrons. The zero-order chi connectivity index (χ0) is 8.48. The maximum Gasteiger partial charge on any atom is 0.305 e. The summed E-state index contributed by atoms with van der Waals surface area (Å²) < 4.78 is 5.00. The van der Waals surface area contributed by atoms with Gasteiger partial charge >= 0.3 is 5.97 Å². The lowest BCUT2D eigenvalue weighted by atomic mass is 9.92. The van der Waals surface area contributed by atoms with E-state index in [0.29, 0.717) is 13.2 Å². The summed E-state index contributed by atoms with van der Waals surface area (Å²) in [6.45, 7) is 1.07. The first kappa shape index (κ1) is 11.7. The highest BCUT2D eigenvalue weighted by molar-refractivity contribution is 5.85. The summed E-state index contributed by atoms with van der Waals surface area (Å²) in [5.41, 5.74) is -0.244. The van der Waals surface area contributed by atoms with Crippen molar-refractivity contribution in [3.8, 4) is 0 Å². The Hall–Kier alpha value is -0.320. The Bertz CT molecular complexity index is 168. The Balaban J connectivity index is 0.00000121. The van der Waals surface area contributed by atoms with Crippen LogP contribution in [-0.4, -0.2) is 48.8 Å². The van der Waals surface area contributed by atoms with Crippen LogP contribution in [0.4, 0.5) is 0 Å². The summed E-state index contributed by atoms with van der Waals surface area (Å²) in [5.74, 6) is -0.762. The number of likely N-dealkylation sites (N-methyl/N-ethyl adjacent to an activating group) is 1. The highest BCUT2D eigenvalue weighted by Gasteiger charge is 2.42. The molecule has 1 N–H and O–H groups in total. The Labute approximate surface area is 77.9 Å². The Morgan fingerprint density at radius 1 is 1.58 bits per heavy atom. The second-order valence-electron chi connectivity index (χ2n) is 3.18. The first-order chi connectivity index (χ1) is 5.07. The van der Waals surface area contributed by atoms with E-state index in [9.17, 15) is 4.79 Å². The molecule has 0 spiro atoms. The van der Waals surface area contributed by atoms with E-state index in [1.54, 1.807) is 0 Å². The van der Waals surface area contributed by atoms with Gasteiger partial charge in [0.05, 0.1) is 25.2 Å². The van der Waals surface area contributed by atoms with Crippen molar-refractivity contribution in [3.05, 3.63) is 0 Å². The van der Waals surface area contributed by atoms with Gasteiger partial charge in [0.25, 0.3) is 0 Å². The molecule has 0 radical (unpaired) electrons. The zero-order valence-corrected chi connectivity index (χ0v) is 8.06. The number of carboxylic acid groups (broad SMARTS) is 1. The summed E-state index contributed by atoms with van der Waals surface area (Å²) in [6.07, 6.45) is 0.167. The molecule has 1 aliphatic heterocycles. The lowest BCUT2D eigenvalue weighted by molar-refractivity contribution is -0.159. The van der Waals surface area contributed by atoms with Crippen LogP contribution < -0.4 is 0 Å². The second-order valence-corrected chi connectivity index (χ2v) is 3.18. The Morgan fingerprint density at radius 3 is 2.17 bits per heavy atom. The monoisotopic (exact) mass is 195 g/mol. The predicted octanol–water partition coefficient (Wildman–Crippen LogP) is 0.214. The smallest absolute Gasteiger partial charge is 0.305 e. The molecule has 1 fully saturated rings. The number of hydrogen-bond acceptors (Lipinski definition) is 3. The maximum atomic E-state index is 10.4. The van der Waals surface area contributed by atoms with Crippen LogP contribution in [0.25, 0.3) is 0 Å². The van der Waals surface area contributed by atoms with E-state index in [1.807, 2.05) is 19.0 Å². The zero-order valence-electron chi connectivity index (χ0n) is 7.24. The fraction of sp³-hybridized carbons (Fsp3) is 0.857. The van der Waals surface area contributed by atoms with Crippen molar-refractivity contribution in [3.63, 3.8) is 0 Å². The van der Waals surface area contributed by atoms with Crippen LogP contribution in [0.5, 0.6) is 0 Å². The SMILES string of the molecule is CN(C)C1(CC(=O)O)COC1.Cl. The average molecular weight is 196 g/mol. The van der Waals surface area contributed by atoms with Gasteiger partial charge < -0.3 is 9.84 Å². The number of carbonyl (C=O) groups is 1. The van der Waals surface area contributed by atoms with Crippen molar-refractivity contribution in [2.75, 3.05) is 27.3 Å². The number of ether oxygens (including phenoxy) is 1. The minimum absolute atomic E-state index is 0.